The zero-order valence-electron chi connectivity index (χ0n) is 7.97. The summed E-state index contributed by atoms with van der Waals surface area (Å²) in [7, 11) is -4.67. The van der Waals surface area contributed by atoms with Crippen LogP contribution in [0.1, 0.15) is 16.6 Å². The van der Waals surface area contributed by atoms with Gasteiger partial charge in [-0.3, -0.25) is 0 Å². The molecular weight excluding hydrogens is 215 g/mol. The first-order chi connectivity index (χ1) is 5.91. The van der Waals surface area contributed by atoms with Crippen LogP contribution in [0.3, 0.4) is 0 Å². The molecule has 0 bridgehead atoms. The molecule has 0 saturated heterocycles. The molecule has 1 atom stereocenters. The van der Waals surface area contributed by atoms with E-state index in [1.807, 2.05) is 0 Å². The van der Waals surface area contributed by atoms with Crippen molar-refractivity contribution < 1.29 is 47.6 Å². The number of hydrogen-bond acceptors (Lipinski definition) is 4. The van der Waals surface area contributed by atoms with Gasteiger partial charge in [0.25, 0.3) is 0 Å². The molecule has 0 fully saturated rings. The Balaban J connectivity index is 0.00000169. The van der Waals surface area contributed by atoms with Gasteiger partial charge in [0.15, 0.2) is 5.44 Å². The fraction of sp³-hybridized carbons (Fsp3) is 0.250. The van der Waals surface area contributed by atoms with Gasteiger partial charge in [0, 0.05) is 0 Å². The van der Waals surface area contributed by atoms with Gasteiger partial charge in [-0.05, 0) is 12.5 Å². The maximum atomic E-state index is 10.4. The molecule has 72 valence electrons. The van der Waals surface area contributed by atoms with Crippen LogP contribution < -0.4 is 29.6 Å². The van der Waals surface area contributed by atoms with E-state index in [-0.39, 0.29) is 35.1 Å². The van der Waals surface area contributed by atoms with E-state index in [0.29, 0.717) is 0 Å². The molecule has 14 heavy (non-hydrogen) atoms. The van der Waals surface area contributed by atoms with Crippen LogP contribution >= 0.6 is 0 Å². The van der Waals surface area contributed by atoms with Gasteiger partial charge in [-0.2, -0.15) is 0 Å². The van der Waals surface area contributed by atoms with E-state index in [2.05, 4.69) is 0 Å². The van der Waals surface area contributed by atoms with Gasteiger partial charge in [-0.1, -0.05) is 29.8 Å². The maximum Gasteiger partial charge on any atom is 1.00 e. The summed E-state index contributed by atoms with van der Waals surface area (Å²) in [6, 6.07) is 6.18. The Labute approximate surface area is 105 Å². The van der Waals surface area contributed by atoms with Gasteiger partial charge in [0.2, 0.25) is 0 Å². The smallest absolute Gasteiger partial charge is 0.746 e. The summed E-state index contributed by atoms with van der Waals surface area (Å²) in [5.41, 5.74) is -1.07. The van der Waals surface area contributed by atoms with Gasteiger partial charge in [0.05, 0.1) is 0 Å². The normalized spacial score (nSPS) is 13.1. The van der Waals surface area contributed by atoms with Crippen molar-refractivity contribution in [3.63, 3.8) is 0 Å². The molecule has 4 nitrogen and oxygen atoms in total. The molecule has 6 heteroatoms. The third-order valence-corrected chi connectivity index (χ3v) is 2.42. The number of aryl methyl sites for hydroxylation is 1. The number of aliphatic hydroxyl groups is 1. The number of rotatable bonds is 2. The standard InChI is InChI=1S/C8H10O4S.Na/c1-6-3-2-4-7(5-6)8(9)13(10,11)12;/h2-5,8-9H,1H3,(H,10,11,12);/q;+1/p-1. The van der Waals surface area contributed by atoms with E-state index in [4.69, 9.17) is 5.11 Å². The molecule has 0 spiro atoms. The first kappa shape index (κ1) is 14.1. The number of aliphatic hydroxyl groups excluding tert-OH is 1. The summed E-state index contributed by atoms with van der Waals surface area (Å²) in [5, 5.41) is 9.08. The minimum atomic E-state index is -4.67. The molecule has 0 heterocycles. The van der Waals surface area contributed by atoms with E-state index in [9.17, 15) is 13.0 Å². The average Bonchev–Trinajstić information content (AvgIpc) is 2.01. The number of benzene rings is 1. The molecule has 1 rings (SSSR count). The van der Waals surface area contributed by atoms with Crippen LogP contribution in [0.4, 0.5) is 0 Å². The Morgan fingerprint density at radius 3 is 2.43 bits per heavy atom. The largest absolute Gasteiger partial charge is 1.00 e. The van der Waals surface area contributed by atoms with Crippen LogP contribution in [0.2, 0.25) is 0 Å². The van der Waals surface area contributed by atoms with Crippen molar-refractivity contribution in [2.24, 2.45) is 0 Å². The SMILES string of the molecule is Cc1cccc(C(O)S(=O)(=O)[O-])c1.[Na+]. The molecule has 0 amide bonds. The van der Waals surface area contributed by atoms with Crippen molar-refractivity contribution in [1.29, 1.82) is 0 Å². The summed E-state index contributed by atoms with van der Waals surface area (Å²) >= 11 is 0. The molecule has 1 unspecified atom stereocenters. The third-order valence-electron chi connectivity index (χ3n) is 1.60. The molecule has 0 saturated carbocycles. The molecule has 1 aromatic carbocycles. The minimum Gasteiger partial charge on any atom is -0.746 e. The Kier molecular flexibility index (Phi) is 5.28. The predicted molar refractivity (Wildman–Crippen MR) is 45.8 cm³/mol. The summed E-state index contributed by atoms with van der Waals surface area (Å²) in [5.74, 6) is 0. The average molecular weight is 224 g/mol. The molecule has 0 aliphatic heterocycles. The minimum absolute atomic E-state index is 0. The molecule has 0 aliphatic rings. The predicted octanol–water partition coefficient (Wildman–Crippen LogP) is -2.46. The summed E-state index contributed by atoms with van der Waals surface area (Å²) in [4.78, 5) is 0. The second-order valence-electron chi connectivity index (χ2n) is 2.76. The quantitative estimate of drug-likeness (QED) is 0.446. The van der Waals surface area contributed by atoms with E-state index >= 15 is 0 Å². The monoisotopic (exact) mass is 224 g/mol. The number of hydrogen-bond donors (Lipinski definition) is 1. The summed E-state index contributed by atoms with van der Waals surface area (Å²) in [6.07, 6.45) is 0. The Morgan fingerprint density at radius 1 is 1.43 bits per heavy atom. The van der Waals surface area contributed by atoms with Gasteiger partial charge < -0.3 is 9.66 Å². The van der Waals surface area contributed by atoms with Gasteiger partial charge in [-0.15, -0.1) is 0 Å². The van der Waals surface area contributed by atoms with Crippen molar-refractivity contribution in [3.8, 4) is 0 Å². The second kappa shape index (κ2) is 5.25. The Hall–Kier alpha value is 0.0900. The van der Waals surface area contributed by atoms with E-state index < -0.39 is 15.6 Å². The molecule has 0 aliphatic carbocycles. The van der Waals surface area contributed by atoms with Gasteiger partial charge in [-0.25, -0.2) is 8.42 Å². The van der Waals surface area contributed by atoms with Crippen LogP contribution in [0.15, 0.2) is 24.3 Å². The summed E-state index contributed by atoms with van der Waals surface area (Å²) < 4.78 is 31.3. The first-order valence-corrected chi connectivity index (χ1v) is 5.08. The van der Waals surface area contributed by atoms with Crippen molar-refractivity contribution in [3.05, 3.63) is 35.4 Å². The van der Waals surface area contributed by atoms with Gasteiger partial charge >= 0.3 is 29.6 Å². The Bertz CT molecular complexity index is 402. The molecular formula is C8H9NaO4S. The van der Waals surface area contributed by atoms with Crippen LogP contribution in [0, 0.1) is 6.92 Å². The molecule has 1 aromatic rings. The van der Waals surface area contributed by atoms with Crippen molar-refractivity contribution in [2.45, 2.75) is 12.4 Å². The summed E-state index contributed by atoms with van der Waals surface area (Å²) in [6.45, 7) is 1.74. The molecule has 0 aromatic heterocycles. The molecule has 1 N–H and O–H groups in total. The zero-order valence-corrected chi connectivity index (χ0v) is 10.8. The second-order valence-corrected chi connectivity index (χ2v) is 4.19. The fourth-order valence-corrected chi connectivity index (χ4v) is 1.47. The molecule has 0 radical (unpaired) electrons. The van der Waals surface area contributed by atoms with Crippen LogP contribution in [-0.4, -0.2) is 18.1 Å². The van der Waals surface area contributed by atoms with Gasteiger partial charge in [0.1, 0.15) is 10.1 Å². The van der Waals surface area contributed by atoms with E-state index in [0.717, 1.165) is 5.56 Å². The topological polar surface area (TPSA) is 77.4 Å². The van der Waals surface area contributed by atoms with E-state index in [1.54, 1.807) is 19.1 Å². The maximum absolute atomic E-state index is 10.4. The fourth-order valence-electron chi connectivity index (χ4n) is 0.990. The van der Waals surface area contributed by atoms with E-state index in [1.165, 1.54) is 12.1 Å². The van der Waals surface area contributed by atoms with Crippen LogP contribution in [-0.2, 0) is 10.1 Å². The van der Waals surface area contributed by atoms with Crippen LogP contribution in [0.25, 0.3) is 0 Å². The van der Waals surface area contributed by atoms with Crippen molar-refractivity contribution >= 4 is 10.1 Å². The third kappa shape index (κ3) is 3.68. The zero-order chi connectivity index (χ0) is 10.1. The van der Waals surface area contributed by atoms with Crippen molar-refractivity contribution in [1.82, 2.24) is 0 Å². The Morgan fingerprint density at radius 2 is 2.00 bits per heavy atom. The van der Waals surface area contributed by atoms with Crippen molar-refractivity contribution in [2.75, 3.05) is 0 Å². The van der Waals surface area contributed by atoms with Crippen LogP contribution in [0.5, 0.6) is 0 Å². The first-order valence-electron chi connectivity index (χ1n) is 3.60.